The van der Waals surface area contributed by atoms with Crippen molar-refractivity contribution in [3.63, 3.8) is 0 Å². The molecule has 2 aromatic rings. The number of nitrogens with zero attached hydrogens (tertiary/aromatic N) is 3. The molecular formula is C13H14ClN3. The molecule has 17 heavy (non-hydrogen) atoms. The van der Waals surface area contributed by atoms with Crippen LogP contribution in [0.5, 0.6) is 0 Å². The van der Waals surface area contributed by atoms with Gasteiger partial charge in [-0.3, -0.25) is 0 Å². The van der Waals surface area contributed by atoms with E-state index in [9.17, 15) is 0 Å². The quantitative estimate of drug-likeness (QED) is 0.781. The van der Waals surface area contributed by atoms with E-state index in [4.69, 9.17) is 11.6 Å². The lowest BCUT2D eigenvalue weighted by Gasteiger charge is -2.03. The molecule has 1 aromatic heterocycles. The molecule has 3 nitrogen and oxygen atoms in total. The molecule has 0 atom stereocenters. The van der Waals surface area contributed by atoms with Crippen molar-refractivity contribution in [2.75, 3.05) is 5.88 Å². The van der Waals surface area contributed by atoms with Crippen molar-refractivity contribution in [3.05, 3.63) is 41.2 Å². The van der Waals surface area contributed by atoms with Crippen LogP contribution in [0.2, 0.25) is 0 Å². The first-order valence-corrected chi connectivity index (χ1v) is 6.49. The molecule has 0 amide bonds. The largest absolute Gasteiger partial charge is 0.220 e. The van der Waals surface area contributed by atoms with Gasteiger partial charge < -0.3 is 0 Å². The standard InChI is InChI=1S/C13H14ClN3/c14-7-6-12-9-17(16-15-12)13-5-4-10-2-1-3-11(10)8-13/h4-5,8-9H,1-3,6-7H2. The first kappa shape index (κ1) is 10.8. The van der Waals surface area contributed by atoms with Crippen molar-refractivity contribution >= 4 is 11.6 Å². The number of aryl methyl sites for hydroxylation is 3. The fourth-order valence-corrected chi connectivity index (χ4v) is 2.53. The molecule has 0 bridgehead atoms. The summed E-state index contributed by atoms with van der Waals surface area (Å²) < 4.78 is 1.83. The summed E-state index contributed by atoms with van der Waals surface area (Å²) in [6, 6.07) is 6.55. The van der Waals surface area contributed by atoms with Gasteiger partial charge in [0.2, 0.25) is 0 Å². The van der Waals surface area contributed by atoms with Gasteiger partial charge in [-0.25, -0.2) is 4.68 Å². The van der Waals surface area contributed by atoms with Crippen LogP contribution in [0.1, 0.15) is 23.2 Å². The third-order valence-corrected chi connectivity index (χ3v) is 3.43. The second-order valence-corrected chi connectivity index (χ2v) is 4.78. The highest BCUT2D eigenvalue weighted by Gasteiger charge is 2.12. The van der Waals surface area contributed by atoms with Gasteiger partial charge in [0, 0.05) is 12.3 Å². The Morgan fingerprint density at radius 2 is 2.12 bits per heavy atom. The number of alkyl halides is 1. The predicted octanol–water partition coefficient (Wildman–Crippen LogP) is 2.54. The zero-order chi connectivity index (χ0) is 11.7. The van der Waals surface area contributed by atoms with Gasteiger partial charge in [-0.15, -0.1) is 16.7 Å². The van der Waals surface area contributed by atoms with Crippen molar-refractivity contribution in [2.45, 2.75) is 25.7 Å². The first-order valence-electron chi connectivity index (χ1n) is 5.96. The third-order valence-electron chi connectivity index (χ3n) is 3.24. The van der Waals surface area contributed by atoms with Crippen molar-refractivity contribution in [3.8, 4) is 5.69 Å². The topological polar surface area (TPSA) is 30.7 Å². The average molecular weight is 248 g/mol. The van der Waals surface area contributed by atoms with Gasteiger partial charge in [-0.2, -0.15) is 0 Å². The summed E-state index contributed by atoms with van der Waals surface area (Å²) in [6.07, 6.45) is 6.40. The summed E-state index contributed by atoms with van der Waals surface area (Å²) in [5, 5.41) is 8.24. The molecule has 1 aliphatic carbocycles. The van der Waals surface area contributed by atoms with Crippen LogP contribution in [0, 0.1) is 0 Å². The second kappa shape index (κ2) is 4.49. The van der Waals surface area contributed by atoms with Crippen LogP contribution in [0.25, 0.3) is 5.69 Å². The number of hydrogen-bond donors (Lipinski definition) is 0. The van der Waals surface area contributed by atoms with E-state index in [0.29, 0.717) is 5.88 Å². The molecule has 88 valence electrons. The Kier molecular flexibility index (Phi) is 2.85. The van der Waals surface area contributed by atoms with E-state index in [0.717, 1.165) is 17.8 Å². The number of benzene rings is 1. The molecule has 0 saturated heterocycles. The fourth-order valence-electron chi connectivity index (χ4n) is 2.34. The summed E-state index contributed by atoms with van der Waals surface area (Å²) >= 11 is 5.69. The van der Waals surface area contributed by atoms with Crippen molar-refractivity contribution < 1.29 is 0 Å². The Morgan fingerprint density at radius 3 is 3.00 bits per heavy atom. The molecule has 0 aliphatic heterocycles. The second-order valence-electron chi connectivity index (χ2n) is 4.40. The van der Waals surface area contributed by atoms with E-state index >= 15 is 0 Å². The summed E-state index contributed by atoms with van der Waals surface area (Å²) in [6.45, 7) is 0. The number of aromatic nitrogens is 3. The molecule has 0 saturated carbocycles. The van der Waals surface area contributed by atoms with Gasteiger partial charge in [0.15, 0.2) is 0 Å². The lowest BCUT2D eigenvalue weighted by molar-refractivity contribution is 0.797. The molecule has 1 aliphatic rings. The zero-order valence-electron chi connectivity index (χ0n) is 9.56. The number of fused-ring (bicyclic) bond motifs is 1. The van der Waals surface area contributed by atoms with Gasteiger partial charge in [-0.05, 0) is 42.5 Å². The van der Waals surface area contributed by atoms with Crippen LogP contribution in [0.4, 0.5) is 0 Å². The van der Waals surface area contributed by atoms with E-state index in [1.165, 1.54) is 30.4 Å². The smallest absolute Gasteiger partial charge is 0.0843 e. The Bertz CT molecular complexity index is 533. The predicted molar refractivity (Wildman–Crippen MR) is 67.8 cm³/mol. The molecule has 0 unspecified atom stereocenters. The highest BCUT2D eigenvalue weighted by molar-refractivity contribution is 6.17. The van der Waals surface area contributed by atoms with E-state index in [1.54, 1.807) is 0 Å². The molecular weight excluding hydrogens is 234 g/mol. The van der Waals surface area contributed by atoms with Gasteiger partial charge in [0.05, 0.1) is 17.6 Å². The van der Waals surface area contributed by atoms with Crippen molar-refractivity contribution in [1.82, 2.24) is 15.0 Å². The fraction of sp³-hybridized carbons (Fsp3) is 0.385. The highest BCUT2D eigenvalue weighted by Crippen LogP contribution is 2.24. The maximum absolute atomic E-state index is 5.69. The molecule has 0 spiro atoms. The van der Waals surface area contributed by atoms with Gasteiger partial charge in [-0.1, -0.05) is 11.3 Å². The first-order chi connectivity index (χ1) is 8.36. The molecule has 1 aromatic carbocycles. The zero-order valence-corrected chi connectivity index (χ0v) is 10.3. The molecule has 0 N–H and O–H groups in total. The Balaban J connectivity index is 1.92. The van der Waals surface area contributed by atoms with E-state index < -0.39 is 0 Å². The van der Waals surface area contributed by atoms with Crippen molar-refractivity contribution in [1.29, 1.82) is 0 Å². The summed E-state index contributed by atoms with van der Waals surface area (Å²) in [4.78, 5) is 0. The van der Waals surface area contributed by atoms with Gasteiger partial charge in [0.1, 0.15) is 0 Å². The highest BCUT2D eigenvalue weighted by atomic mass is 35.5. The SMILES string of the molecule is ClCCc1cn(-c2ccc3c(c2)CCC3)nn1. The normalized spacial score (nSPS) is 13.9. The van der Waals surface area contributed by atoms with E-state index in [-0.39, 0.29) is 0 Å². The number of halogens is 1. The average Bonchev–Trinajstić information content (AvgIpc) is 2.96. The van der Waals surface area contributed by atoms with Gasteiger partial charge >= 0.3 is 0 Å². The minimum absolute atomic E-state index is 0.586. The van der Waals surface area contributed by atoms with Crippen molar-refractivity contribution in [2.24, 2.45) is 0 Å². The number of hydrogen-bond acceptors (Lipinski definition) is 2. The molecule has 0 fully saturated rings. The maximum Gasteiger partial charge on any atom is 0.0843 e. The van der Waals surface area contributed by atoms with Crippen LogP contribution in [0.3, 0.4) is 0 Å². The third kappa shape index (κ3) is 2.07. The number of rotatable bonds is 3. The van der Waals surface area contributed by atoms with E-state index in [1.807, 2.05) is 10.9 Å². The molecule has 3 rings (SSSR count). The lowest BCUT2D eigenvalue weighted by Crippen LogP contribution is -1.96. The Labute approximate surface area is 105 Å². The monoisotopic (exact) mass is 247 g/mol. The minimum Gasteiger partial charge on any atom is -0.220 e. The Hall–Kier alpha value is -1.35. The lowest BCUT2D eigenvalue weighted by atomic mass is 10.1. The van der Waals surface area contributed by atoms with Crippen LogP contribution < -0.4 is 0 Å². The summed E-state index contributed by atoms with van der Waals surface area (Å²) in [5.41, 5.74) is 4.98. The van der Waals surface area contributed by atoms with Crippen LogP contribution >= 0.6 is 11.6 Å². The summed E-state index contributed by atoms with van der Waals surface area (Å²) in [5.74, 6) is 0.586. The maximum atomic E-state index is 5.69. The van der Waals surface area contributed by atoms with E-state index in [2.05, 4.69) is 28.5 Å². The molecule has 4 heteroatoms. The molecule has 0 radical (unpaired) electrons. The Morgan fingerprint density at radius 1 is 1.24 bits per heavy atom. The van der Waals surface area contributed by atoms with Gasteiger partial charge in [0.25, 0.3) is 0 Å². The summed E-state index contributed by atoms with van der Waals surface area (Å²) in [7, 11) is 0. The van der Waals surface area contributed by atoms with Crippen LogP contribution in [0.15, 0.2) is 24.4 Å². The van der Waals surface area contributed by atoms with Crippen LogP contribution in [-0.2, 0) is 19.3 Å². The molecule has 1 heterocycles. The van der Waals surface area contributed by atoms with Crippen LogP contribution in [-0.4, -0.2) is 20.9 Å². The minimum atomic E-state index is 0.586.